The molecule has 1 fully saturated rings. The molecular formula is C26H30N2O2. The summed E-state index contributed by atoms with van der Waals surface area (Å²) >= 11 is 0. The largest absolute Gasteiger partial charge is 0.494 e. The van der Waals surface area contributed by atoms with Gasteiger partial charge in [0.2, 0.25) is 0 Å². The predicted octanol–water partition coefficient (Wildman–Crippen LogP) is 5.54. The summed E-state index contributed by atoms with van der Waals surface area (Å²) in [4.78, 5) is 15.4. The first-order valence-electron chi connectivity index (χ1n) is 11.3. The monoisotopic (exact) mass is 402 g/mol. The van der Waals surface area contributed by atoms with E-state index in [-0.39, 0.29) is 11.9 Å². The lowest BCUT2D eigenvalue weighted by atomic mass is 9.76. The molecule has 2 aromatic carbocycles. The van der Waals surface area contributed by atoms with Crippen LogP contribution >= 0.6 is 0 Å². The fourth-order valence-corrected chi connectivity index (χ4v) is 5.34. The van der Waals surface area contributed by atoms with Crippen LogP contribution < -0.4 is 10.1 Å². The van der Waals surface area contributed by atoms with Gasteiger partial charge in [-0.15, -0.1) is 0 Å². The summed E-state index contributed by atoms with van der Waals surface area (Å²) in [6, 6.07) is 14.9. The molecule has 1 aliphatic carbocycles. The number of carbonyl (C=O) groups is 1. The lowest BCUT2D eigenvalue weighted by Gasteiger charge is -2.39. The molecule has 3 unspecified atom stereocenters. The molecule has 2 heterocycles. The number of allylic oxidation sites excluding steroid dienone is 2. The van der Waals surface area contributed by atoms with Gasteiger partial charge in [0.25, 0.3) is 5.91 Å². The topological polar surface area (TPSA) is 41.6 Å². The van der Waals surface area contributed by atoms with Gasteiger partial charge in [0.15, 0.2) is 0 Å². The highest BCUT2D eigenvalue weighted by molar-refractivity contribution is 6.01. The number of rotatable bonds is 4. The molecule has 1 saturated heterocycles. The molecule has 3 atom stereocenters. The normalized spacial score (nSPS) is 24.7. The molecule has 3 aliphatic rings. The van der Waals surface area contributed by atoms with Crippen LogP contribution in [0.2, 0.25) is 0 Å². The molecule has 0 bridgehead atoms. The van der Waals surface area contributed by atoms with Gasteiger partial charge in [0.05, 0.1) is 23.9 Å². The number of likely N-dealkylation sites (tertiary alicyclic amines) is 1. The smallest absolute Gasteiger partial charge is 0.255 e. The molecule has 156 valence electrons. The highest BCUT2D eigenvalue weighted by Crippen LogP contribution is 2.50. The highest BCUT2D eigenvalue weighted by atomic mass is 16.5. The molecule has 0 spiro atoms. The van der Waals surface area contributed by atoms with Crippen LogP contribution in [0.4, 0.5) is 5.69 Å². The molecule has 0 saturated carbocycles. The first kappa shape index (κ1) is 19.2. The van der Waals surface area contributed by atoms with Gasteiger partial charge in [0.1, 0.15) is 5.75 Å². The maximum Gasteiger partial charge on any atom is 0.255 e. The molecule has 2 aliphatic heterocycles. The molecule has 1 amide bonds. The number of para-hydroxylation sites is 1. The fourth-order valence-electron chi connectivity index (χ4n) is 5.34. The lowest BCUT2D eigenvalue weighted by molar-refractivity contribution is 0.0725. The van der Waals surface area contributed by atoms with Crippen LogP contribution in [0.25, 0.3) is 0 Å². The summed E-state index contributed by atoms with van der Waals surface area (Å²) in [5.41, 5.74) is 4.37. The summed E-state index contributed by atoms with van der Waals surface area (Å²) in [6.07, 6.45) is 9.13. The van der Waals surface area contributed by atoms with Crippen LogP contribution in [0.15, 0.2) is 54.6 Å². The molecule has 4 heteroatoms. The van der Waals surface area contributed by atoms with Crippen molar-refractivity contribution in [3.63, 3.8) is 0 Å². The van der Waals surface area contributed by atoms with E-state index in [1.54, 1.807) is 0 Å². The van der Waals surface area contributed by atoms with E-state index in [1.807, 2.05) is 17.9 Å². The van der Waals surface area contributed by atoms with E-state index >= 15 is 0 Å². The van der Waals surface area contributed by atoms with Crippen molar-refractivity contribution in [2.45, 2.75) is 44.6 Å². The zero-order chi connectivity index (χ0) is 20.5. The van der Waals surface area contributed by atoms with Crippen LogP contribution in [-0.4, -0.2) is 30.5 Å². The van der Waals surface area contributed by atoms with Crippen LogP contribution in [0.3, 0.4) is 0 Å². The van der Waals surface area contributed by atoms with E-state index < -0.39 is 0 Å². The van der Waals surface area contributed by atoms with Gasteiger partial charge in [-0.05, 0) is 67.9 Å². The van der Waals surface area contributed by atoms with Crippen molar-refractivity contribution in [2.24, 2.45) is 5.92 Å². The van der Waals surface area contributed by atoms with Crippen molar-refractivity contribution < 1.29 is 9.53 Å². The second kappa shape index (κ2) is 8.17. The molecule has 0 aromatic heterocycles. The maximum atomic E-state index is 13.4. The average Bonchev–Trinajstić information content (AvgIpc) is 3.29. The number of piperidine rings is 1. The van der Waals surface area contributed by atoms with Crippen molar-refractivity contribution in [1.29, 1.82) is 0 Å². The first-order chi connectivity index (χ1) is 14.8. The quantitative estimate of drug-likeness (QED) is 0.683. The van der Waals surface area contributed by atoms with Crippen molar-refractivity contribution in [3.05, 3.63) is 71.3 Å². The summed E-state index contributed by atoms with van der Waals surface area (Å²) in [6.45, 7) is 4.42. The van der Waals surface area contributed by atoms with Gasteiger partial charge in [-0.1, -0.05) is 36.4 Å². The Morgan fingerprint density at radius 2 is 1.90 bits per heavy atom. The Morgan fingerprint density at radius 1 is 1.10 bits per heavy atom. The third kappa shape index (κ3) is 3.38. The number of nitrogens with one attached hydrogen (secondary N) is 1. The molecule has 1 N–H and O–H groups in total. The number of benzene rings is 2. The Hall–Kier alpha value is -2.75. The zero-order valence-corrected chi connectivity index (χ0v) is 17.6. The number of fused-ring (bicyclic) bond motifs is 3. The van der Waals surface area contributed by atoms with Crippen LogP contribution in [0.5, 0.6) is 5.75 Å². The van der Waals surface area contributed by atoms with Crippen molar-refractivity contribution in [1.82, 2.24) is 4.90 Å². The standard InChI is InChI=1S/C26H30N2O2/c1-2-30-19-14-12-18(13-15-19)24-21-9-6-8-20(21)22-10-7-11-23(25(22)27-24)26(29)28-16-4-3-5-17-28/h6-8,10-15,20-21,24,27H,2-5,9,16-17H2,1H3. The highest BCUT2D eigenvalue weighted by Gasteiger charge is 2.39. The minimum Gasteiger partial charge on any atom is -0.494 e. The van der Waals surface area contributed by atoms with Gasteiger partial charge >= 0.3 is 0 Å². The van der Waals surface area contributed by atoms with E-state index in [1.165, 1.54) is 17.5 Å². The summed E-state index contributed by atoms with van der Waals surface area (Å²) in [5, 5.41) is 3.80. The van der Waals surface area contributed by atoms with Gasteiger partial charge in [-0.25, -0.2) is 0 Å². The SMILES string of the molecule is CCOc1ccc(C2Nc3c(C(=O)N4CCCCC4)cccc3C3C=CCC32)cc1. The van der Waals surface area contributed by atoms with Gasteiger partial charge < -0.3 is 15.0 Å². The number of nitrogens with zero attached hydrogens (tertiary/aromatic N) is 1. The van der Waals surface area contributed by atoms with Gasteiger partial charge in [-0.3, -0.25) is 4.79 Å². The van der Waals surface area contributed by atoms with Gasteiger partial charge in [-0.2, -0.15) is 0 Å². The summed E-state index contributed by atoms with van der Waals surface area (Å²) in [7, 11) is 0. The minimum absolute atomic E-state index is 0.171. The molecule has 4 nitrogen and oxygen atoms in total. The summed E-state index contributed by atoms with van der Waals surface area (Å²) in [5.74, 6) is 1.90. The Kier molecular flexibility index (Phi) is 5.24. The van der Waals surface area contributed by atoms with Crippen LogP contribution in [0, 0.1) is 5.92 Å². The molecule has 5 rings (SSSR count). The summed E-state index contributed by atoms with van der Waals surface area (Å²) < 4.78 is 5.63. The minimum atomic E-state index is 0.171. The van der Waals surface area contributed by atoms with Crippen molar-refractivity contribution in [3.8, 4) is 5.75 Å². The second-order valence-electron chi connectivity index (χ2n) is 8.60. The second-order valence-corrected chi connectivity index (χ2v) is 8.60. The molecule has 30 heavy (non-hydrogen) atoms. The van der Waals surface area contributed by atoms with E-state index in [0.29, 0.717) is 18.4 Å². The van der Waals surface area contributed by atoms with Crippen LogP contribution in [0.1, 0.15) is 66.1 Å². The predicted molar refractivity (Wildman–Crippen MR) is 120 cm³/mol. The Morgan fingerprint density at radius 3 is 2.67 bits per heavy atom. The number of ether oxygens (including phenoxy) is 1. The molecule has 2 aromatic rings. The third-order valence-electron chi connectivity index (χ3n) is 6.82. The molecular weight excluding hydrogens is 372 g/mol. The van der Waals surface area contributed by atoms with Crippen LogP contribution in [-0.2, 0) is 0 Å². The Labute approximate surface area is 178 Å². The zero-order valence-electron chi connectivity index (χ0n) is 17.6. The number of amides is 1. The third-order valence-corrected chi connectivity index (χ3v) is 6.82. The fraction of sp³-hybridized carbons (Fsp3) is 0.423. The van der Waals surface area contributed by atoms with Gasteiger partial charge in [0, 0.05) is 19.0 Å². The average molecular weight is 403 g/mol. The van der Waals surface area contributed by atoms with Crippen molar-refractivity contribution >= 4 is 11.6 Å². The lowest BCUT2D eigenvalue weighted by Crippen LogP contribution is -2.37. The van der Waals surface area contributed by atoms with E-state index in [4.69, 9.17) is 4.74 Å². The first-order valence-corrected chi connectivity index (χ1v) is 11.3. The Bertz CT molecular complexity index is 944. The number of carbonyl (C=O) groups excluding carboxylic acids is 1. The van der Waals surface area contributed by atoms with E-state index in [0.717, 1.165) is 49.4 Å². The number of anilines is 1. The van der Waals surface area contributed by atoms with E-state index in [2.05, 4.69) is 53.9 Å². The van der Waals surface area contributed by atoms with E-state index in [9.17, 15) is 4.79 Å². The maximum absolute atomic E-state index is 13.4. The number of hydrogen-bond acceptors (Lipinski definition) is 3. The molecule has 0 radical (unpaired) electrons. The number of hydrogen-bond donors (Lipinski definition) is 1. The van der Waals surface area contributed by atoms with Crippen molar-refractivity contribution in [2.75, 3.05) is 25.0 Å². The Balaban J connectivity index is 1.50.